The predicted octanol–water partition coefficient (Wildman–Crippen LogP) is 4.18. The molecular weight excluding hydrogens is 366 g/mol. The van der Waals surface area contributed by atoms with E-state index in [-0.39, 0.29) is 11.6 Å². The fourth-order valence-corrected chi connectivity index (χ4v) is 3.29. The normalized spacial score (nSPS) is 11.9. The molecule has 6 heteroatoms. The molecule has 3 rings (SSSR count). The van der Waals surface area contributed by atoms with Crippen molar-refractivity contribution in [1.29, 1.82) is 0 Å². The number of aromatic nitrogens is 3. The summed E-state index contributed by atoms with van der Waals surface area (Å²) in [5.41, 5.74) is 2.14. The molecule has 1 atom stereocenters. The van der Waals surface area contributed by atoms with Gasteiger partial charge in [-0.05, 0) is 31.2 Å². The van der Waals surface area contributed by atoms with E-state index in [2.05, 4.69) is 34.2 Å². The highest BCUT2D eigenvalue weighted by atomic mass is 16.5. The van der Waals surface area contributed by atoms with Crippen LogP contribution in [0.25, 0.3) is 0 Å². The number of ether oxygens (including phenoxy) is 2. The van der Waals surface area contributed by atoms with Crippen molar-refractivity contribution in [1.82, 2.24) is 14.5 Å². The first-order valence-corrected chi connectivity index (χ1v) is 10.1. The Bertz CT molecular complexity index is 934. The van der Waals surface area contributed by atoms with Gasteiger partial charge in [-0.1, -0.05) is 37.3 Å². The standard InChI is InChI=1S/C23H29N3O3/c1-18(17-26-13-12-24-23(26)27)20-15-21(22(28-2)16-25-20)29-14-8-4-7-11-19-9-5-3-6-10-19/h3,5-6,9-10,12-13,15-16,18H,4,7-8,11,14,17H2,1-2H3,(H,24,27). The van der Waals surface area contributed by atoms with Crippen LogP contribution in [-0.4, -0.2) is 28.3 Å². The second kappa shape index (κ2) is 10.5. The Morgan fingerprint density at radius 1 is 1.14 bits per heavy atom. The van der Waals surface area contributed by atoms with Gasteiger partial charge in [0.25, 0.3) is 0 Å². The van der Waals surface area contributed by atoms with Gasteiger partial charge >= 0.3 is 5.69 Å². The molecule has 29 heavy (non-hydrogen) atoms. The van der Waals surface area contributed by atoms with Crippen molar-refractivity contribution in [2.75, 3.05) is 13.7 Å². The Morgan fingerprint density at radius 3 is 2.69 bits per heavy atom. The first kappa shape index (κ1) is 20.7. The zero-order valence-electron chi connectivity index (χ0n) is 17.1. The van der Waals surface area contributed by atoms with Crippen molar-refractivity contribution in [3.8, 4) is 11.5 Å². The monoisotopic (exact) mass is 395 g/mol. The number of H-pyrrole nitrogens is 1. The van der Waals surface area contributed by atoms with Gasteiger partial charge < -0.3 is 14.5 Å². The molecule has 154 valence electrons. The van der Waals surface area contributed by atoms with Crippen molar-refractivity contribution in [3.05, 3.63) is 76.7 Å². The van der Waals surface area contributed by atoms with E-state index in [1.807, 2.05) is 19.1 Å². The third kappa shape index (κ3) is 5.98. The van der Waals surface area contributed by atoms with Crippen LogP contribution in [-0.2, 0) is 13.0 Å². The van der Waals surface area contributed by atoms with E-state index in [1.165, 1.54) is 5.56 Å². The van der Waals surface area contributed by atoms with Crippen molar-refractivity contribution in [2.24, 2.45) is 0 Å². The van der Waals surface area contributed by atoms with Gasteiger partial charge in [-0.3, -0.25) is 9.55 Å². The average molecular weight is 396 g/mol. The lowest BCUT2D eigenvalue weighted by Gasteiger charge is -2.15. The van der Waals surface area contributed by atoms with Crippen LogP contribution >= 0.6 is 0 Å². The Hall–Kier alpha value is -3.02. The zero-order chi connectivity index (χ0) is 20.5. The smallest absolute Gasteiger partial charge is 0.325 e. The summed E-state index contributed by atoms with van der Waals surface area (Å²) in [4.78, 5) is 18.8. The molecule has 0 aliphatic carbocycles. The minimum Gasteiger partial charge on any atom is -0.491 e. The molecule has 1 N–H and O–H groups in total. The molecule has 0 saturated carbocycles. The van der Waals surface area contributed by atoms with Crippen LogP contribution in [0.15, 0.2) is 59.8 Å². The summed E-state index contributed by atoms with van der Waals surface area (Å²) in [6.45, 7) is 3.24. The van der Waals surface area contributed by atoms with Crippen LogP contribution in [0.3, 0.4) is 0 Å². The summed E-state index contributed by atoms with van der Waals surface area (Å²) >= 11 is 0. The summed E-state index contributed by atoms with van der Waals surface area (Å²) in [5.74, 6) is 1.40. The van der Waals surface area contributed by atoms with E-state index in [9.17, 15) is 4.79 Å². The molecule has 0 amide bonds. The van der Waals surface area contributed by atoms with E-state index in [0.717, 1.165) is 31.4 Å². The summed E-state index contributed by atoms with van der Waals surface area (Å²) in [5, 5.41) is 0. The number of aromatic amines is 1. The highest BCUT2D eigenvalue weighted by molar-refractivity contribution is 5.39. The van der Waals surface area contributed by atoms with Gasteiger partial charge in [-0.25, -0.2) is 4.79 Å². The topological polar surface area (TPSA) is 69.1 Å². The maximum atomic E-state index is 11.7. The van der Waals surface area contributed by atoms with Crippen molar-refractivity contribution in [2.45, 2.75) is 45.1 Å². The Labute approximate surface area is 171 Å². The minimum atomic E-state index is -0.114. The predicted molar refractivity (Wildman–Crippen MR) is 114 cm³/mol. The number of hydrogen-bond donors (Lipinski definition) is 1. The van der Waals surface area contributed by atoms with Crippen LogP contribution in [0.2, 0.25) is 0 Å². The molecule has 0 saturated heterocycles. The lowest BCUT2D eigenvalue weighted by molar-refractivity contribution is 0.283. The average Bonchev–Trinajstić information content (AvgIpc) is 3.15. The number of rotatable bonds is 11. The molecule has 0 bridgehead atoms. The number of aryl methyl sites for hydroxylation is 1. The van der Waals surface area contributed by atoms with E-state index < -0.39 is 0 Å². The van der Waals surface area contributed by atoms with E-state index in [0.29, 0.717) is 24.7 Å². The molecule has 0 aliphatic rings. The second-order valence-electron chi connectivity index (χ2n) is 7.22. The summed E-state index contributed by atoms with van der Waals surface area (Å²) in [6.07, 6.45) is 9.42. The first-order valence-electron chi connectivity index (χ1n) is 10.1. The lowest BCUT2D eigenvalue weighted by Crippen LogP contribution is -2.19. The quantitative estimate of drug-likeness (QED) is 0.495. The maximum Gasteiger partial charge on any atom is 0.325 e. The minimum absolute atomic E-state index is 0.0719. The zero-order valence-corrected chi connectivity index (χ0v) is 17.1. The maximum absolute atomic E-state index is 11.7. The lowest BCUT2D eigenvalue weighted by atomic mass is 10.1. The van der Waals surface area contributed by atoms with Crippen LogP contribution < -0.4 is 15.2 Å². The highest BCUT2D eigenvalue weighted by Crippen LogP contribution is 2.29. The molecule has 1 unspecified atom stereocenters. The van der Waals surface area contributed by atoms with Crippen LogP contribution in [0, 0.1) is 0 Å². The molecule has 0 aliphatic heterocycles. The molecule has 0 radical (unpaired) electrons. The van der Waals surface area contributed by atoms with Gasteiger partial charge in [-0.15, -0.1) is 0 Å². The molecule has 0 spiro atoms. The molecular formula is C23H29N3O3. The van der Waals surface area contributed by atoms with E-state index >= 15 is 0 Å². The van der Waals surface area contributed by atoms with Crippen LogP contribution in [0.4, 0.5) is 0 Å². The molecule has 6 nitrogen and oxygen atoms in total. The number of imidazole rings is 1. The number of hydrogen-bond acceptors (Lipinski definition) is 4. The molecule has 2 heterocycles. The van der Waals surface area contributed by atoms with E-state index in [4.69, 9.17) is 9.47 Å². The molecule has 3 aromatic rings. The van der Waals surface area contributed by atoms with Gasteiger partial charge in [0, 0.05) is 36.6 Å². The third-order valence-corrected chi connectivity index (χ3v) is 4.98. The number of pyridine rings is 1. The number of nitrogens with zero attached hydrogens (tertiary/aromatic N) is 2. The third-order valence-electron chi connectivity index (χ3n) is 4.98. The second-order valence-corrected chi connectivity index (χ2v) is 7.22. The highest BCUT2D eigenvalue weighted by Gasteiger charge is 2.14. The fourth-order valence-electron chi connectivity index (χ4n) is 3.29. The van der Waals surface area contributed by atoms with Crippen LogP contribution in [0.1, 0.15) is 43.4 Å². The van der Waals surface area contributed by atoms with Gasteiger partial charge in [0.1, 0.15) is 0 Å². The van der Waals surface area contributed by atoms with Gasteiger partial charge in [0.05, 0.1) is 19.9 Å². The number of benzene rings is 1. The molecule has 0 fully saturated rings. The number of nitrogens with one attached hydrogen (secondary N) is 1. The number of methoxy groups -OCH3 is 1. The summed E-state index contributed by atoms with van der Waals surface area (Å²) in [6, 6.07) is 12.5. The fraction of sp³-hybridized carbons (Fsp3) is 0.391. The Kier molecular flexibility index (Phi) is 7.50. The molecule has 1 aromatic carbocycles. The number of unbranched alkanes of at least 4 members (excludes halogenated alkanes) is 2. The Morgan fingerprint density at radius 2 is 1.97 bits per heavy atom. The SMILES string of the molecule is COc1cnc(C(C)Cn2cc[nH]c2=O)cc1OCCCCCc1ccccc1. The summed E-state index contributed by atoms with van der Waals surface area (Å²) in [7, 11) is 1.62. The van der Waals surface area contributed by atoms with Crippen molar-refractivity contribution in [3.63, 3.8) is 0 Å². The largest absolute Gasteiger partial charge is 0.491 e. The molecule has 2 aromatic heterocycles. The Balaban J connectivity index is 1.50. The van der Waals surface area contributed by atoms with Crippen molar-refractivity contribution < 1.29 is 9.47 Å². The van der Waals surface area contributed by atoms with Gasteiger partial charge in [0.15, 0.2) is 11.5 Å². The van der Waals surface area contributed by atoms with E-state index in [1.54, 1.807) is 30.3 Å². The summed E-state index contributed by atoms with van der Waals surface area (Å²) < 4.78 is 13.0. The van der Waals surface area contributed by atoms with Crippen LogP contribution in [0.5, 0.6) is 11.5 Å². The first-order chi connectivity index (χ1) is 14.2. The van der Waals surface area contributed by atoms with Gasteiger partial charge in [0.2, 0.25) is 0 Å². The van der Waals surface area contributed by atoms with Crippen molar-refractivity contribution >= 4 is 0 Å². The van der Waals surface area contributed by atoms with Gasteiger partial charge in [-0.2, -0.15) is 0 Å².